The highest BCUT2D eigenvalue weighted by molar-refractivity contribution is 5.86. The summed E-state index contributed by atoms with van der Waals surface area (Å²) in [5.41, 5.74) is 5.10. The molecule has 0 aromatic rings. The Balaban J connectivity index is 4.39. The molecule has 2 unspecified atom stereocenters. The molecule has 9 nitrogen and oxygen atoms in total. The van der Waals surface area contributed by atoms with Crippen molar-refractivity contribution in [1.82, 2.24) is 10.6 Å². The number of hydrogen-bond donors (Lipinski definition) is 6. The summed E-state index contributed by atoms with van der Waals surface area (Å²) in [5, 5.41) is 30.0. The van der Waals surface area contributed by atoms with E-state index in [4.69, 9.17) is 21.4 Å². The summed E-state index contributed by atoms with van der Waals surface area (Å²) in [7, 11) is 0. The van der Waals surface area contributed by atoms with Crippen molar-refractivity contribution in [2.75, 3.05) is 6.54 Å². The Morgan fingerprint density at radius 2 is 1.78 bits per heavy atom. The van der Waals surface area contributed by atoms with E-state index < -0.39 is 29.8 Å². The maximum absolute atomic E-state index is 11.9. The van der Waals surface area contributed by atoms with Gasteiger partial charge in [-0.05, 0) is 19.3 Å². The molecule has 132 valence electrons. The van der Waals surface area contributed by atoms with Crippen LogP contribution in [-0.2, 0) is 14.4 Å². The summed E-state index contributed by atoms with van der Waals surface area (Å²) in [4.78, 5) is 34.1. The van der Waals surface area contributed by atoms with Crippen LogP contribution in [0.1, 0.15) is 45.4 Å². The van der Waals surface area contributed by atoms with Crippen LogP contribution < -0.4 is 16.4 Å². The average Bonchev–Trinajstić information content (AvgIpc) is 2.45. The van der Waals surface area contributed by atoms with Crippen molar-refractivity contribution in [1.29, 1.82) is 5.41 Å². The fraction of sp³-hybridized carbons (Fsp3) is 0.714. The van der Waals surface area contributed by atoms with Gasteiger partial charge in [-0.3, -0.25) is 15.0 Å². The van der Waals surface area contributed by atoms with Gasteiger partial charge in [0.1, 0.15) is 6.04 Å². The second kappa shape index (κ2) is 11.3. The number of carbonyl (C=O) groups excluding carboxylic acids is 1. The fourth-order valence-corrected chi connectivity index (χ4v) is 2.03. The minimum Gasteiger partial charge on any atom is -0.481 e. The minimum absolute atomic E-state index is 0.161. The number of nitrogens with two attached hydrogens (primary N) is 1. The number of amides is 1. The van der Waals surface area contributed by atoms with E-state index in [1.165, 1.54) is 0 Å². The highest BCUT2D eigenvalue weighted by Gasteiger charge is 2.24. The third-order valence-corrected chi connectivity index (χ3v) is 3.31. The molecule has 1 amide bonds. The molecule has 0 aliphatic rings. The van der Waals surface area contributed by atoms with Gasteiger partial charge in [-0.2, -0.15) is 0 Å². The first-order valence-corrected chi connectivity index (χ1v) is 7.60. The van der Waals surface area contributed by atoms with Crippen molar-refractivity contribution in [2.24, 2.45) is 11.7 Å². The van der Waals surface area contributed by atoms with Crippen LogP contribution in [0.3, 0.4) is 0 Å². The van der Waals surface area contributed by atoms with E-state index >= 15 is 0 Å². The summed E-state index contributed by atoms with van der Waals surface area (Å²) in [6.07, 6.45) is 2.24. The van der Waals surface area contributed by atoms with Crippen LogP contribution in [0.15, 0.2) is 0 Å². The van der Waals surface area contributed by atoms with E-state index in [-0.39, 0.29) is 18.8 Å². The van der Waals surface area contributed by atoms with Crippen molar-refractivity contribution in [2.45, 2.75) is 51.5 Å². The second-order valence-electron chi connectivity index (χ2n) is 5.32. The summed E-state index contributed by atoms with van der Waals surface area (Å²) in [5.74, 6) is -3.82. The highest BCUT2D eigenvalue weighted by Crippen LogP contribution is 2.13. The van der Waals surface area contributed by atoms with E-state index in [9.17, 15) is 14.4 Å². The molecule has 0 spiro atoms. The zero-order valence-corrected chi connectivity index (χ0v) is 13.3. The van der Waals surface area contributed by atoms with Crippen LogP contribution in [0.5, 0.6) is 0 Å². The molecule has 0 aliphatic heterocycles. The Morgan fingerprint density at radius 1 is 1.13 bits per heavy atom. The first-order valence-electron chi connectivity index (χ1n) is 7.60. The highest BCUT2D eigenvalue weighted by atomic mass is 16.4. The van der Waals surface area contributed by atoms with Crippen molar-refractivity contribution in [3.8, 4) is 0 Å². The summed E-state index contributed by atoms with van der Waals surface area (Å²) >= 11 is 0. The third kappa shape index (κ3) is 10.1. The molecule has 0 heterocycles. The van der Waals surface area contributed by atoms with Crippen LogP contribution in [0.4, 0.5) is 0 Å². The average molecular weight is 330 g/mol. The van der Waals surface area contributed by atoms with Gasteiger partial charge in [0, 0.05) is 13.0 Å². The monoisotopic (exact) mass is 330 g/mol. The molecule has 0 rings (SSSR count). The fourth-order valence-electron chi connectivity index (χ4n) is 2.03. The first-order chi connectivity index (χ1) is 10.8. The SMILES string of the molecule is CCCCC(CC(=O)NC(CCCNC(=N)N)C(=O)O)C(=O)O. The zero-order chi connectivity index (χ0) is 17.8. The maximum atomic E-state index is 11.9. The third-order valence-electron chi connectivity index (χ3n) is 3.31. The predicted octanol–water partition coefficient (Wildman–Crippen LogP) is 0.100. The van der Waals surface area contributed by atoms with Crippen LogP contribution in [0, 0.1) is 11.3 Å². The van der Waals surface area contributed by atoms with E-state index in [0.717, 1.165) is 6.42 Å². The minimum atomic E-state index is -1.18. The number of carboxylic acids is 2. The van der Waals surface area contributed by atoms with Crippen LogP contribution in [-0.4, -0.2) is 46.6 Å². The van der Waals surface area contributed by atoms with Gasteiger partial charge in [0.2, 0.25) is 5.91 Å². The number of guanidine groups is 1. The number of aliphatic carboxylic acids is 2. The van der Waals surface area contributed by atoms with Crippen molar-refractivity contribution < 1.29 is 24.6 Å². The lowest BCUT2D eigenvalue weighted by molar-refractivity contribution is -0.145. The largest absolute Gasteiger partial charge is 0.481 e. The molecule has 0 radical (unpaired) electrons. The molecule has 23 heavy (non-hydrogen) atoms. The van der Waals surface area contributed by atoms with Crippen molar-refractivity contribution >= 4 is 23.8 Å². The predicted molar refractivity (Wildman–Crippen MR) is 84.0 cm³/mol. The summed E-state index contributed by atoms with van der Waals surface area (Å²) < 4.78 is 0. The second-order valence-corrected chi connectivity index (χ2v) is 5.32. The molecular formula is C14H26N4O5. The Labute approximate surface area is 135 Å². The molecule has 2 atom stereocenters. The van der Waals surface area contributed by atoms with E-state index in [1.807, 2.05) is 6.92 Å². The van der Waals surface area contributed by atoms with Gasteiger partial charge in [0.15, 0.2) is 5.96 Å². The number of carbonyl (C=O) groups is 3. The normalized spacial score (nSPS) is 12.9. The molecule has 0 saturated carbocycles. The molecule has 0 aromatic heterocycles. The van der Waals surface area contributed by atoms with Crippen molar-refractivity contribution in [3.05, 3.63) is 0 Å². The topological polar surface area (TPSA) is 166 Å². The Hall–Kier alpha value is -2.32. The van der Waals surface area contributed by atoms with Gasteiger partial charge in [-0.25, -0.2) is 4.79 Å². The molecule has 0 bridgehead atoms. The van der Waals surface area contributed by atoms with E-state index in [0.29, 0.717) is 25.8 Å². The van der Waals surface area contributed by atoms with Crippen LogP contribution in [0.2, 0.25) is 0 Å². The van der Waals surface area contributed by atoms with Crippen LogP contribution in [0.25, 0.3) is 0 Å². The standard InChI is InChI=1S/C14H26N4O5/c1-2-3-5-9(12(20)21)8-11(19)18-10(13(22)23)6-4-7-17-14(15)16/h9-10H,2-8H2,1H3,(H,18,19)(H,20,21)(H,22,23)(H4,15,16,17). The number of hydrogen-bond acceptors (Lipinski definition) is 4. The van der Waals surface area contributed by atoms with Crippen molar-refractivity contribution in [3.63, 3.8) is 0 Å². The lowest BCUT2D eigenvalue weighted by Gasteiger charge is -2.17. The zero-order valence-electron chi connectivity index (χ0n) is 13.3. The van der Waals surface area contributed by atoms with Crippen LogP contribution >= 0.6 is 0 Å². The molecule has 0 aliphatic carbocycles. The molecule has 0 aromatic carbocycles. The lowest BCUT2D eigenvalue weighted by atomic mass is 9.98. The molecule has 0 saturated heterocycles. The number of unbranched alkanes of at least 4 members (excludes halogenated alkanes) is 1. The van der Waals surface area contributed by atoms with Gasteiger partial charge >= 0.3 is 11.9 Å². The Kier molecular flexibility index (Phi) is 10.1. The van der Waals surface area contributed by atoms with Gasteiger partial charge in [-0.15, -0.1) is 0 Å². The number of nitrogens with one attached hydrogen (secondary N) is 3. The molecule has 9 heteroatoms. The maximum Gasteiger partial charge on any atom is 0.326 e. The summed E-state index contributed by atoms with van der Waals surface area (Å²) in [6.45, 7) is 2.25. The quantitative estimate of drug-likeness (QED) is 0.168. The smallest absolute Gasteiger partial charge is 0.326 e. The Morgan fingerprint density at radius 3 is 2.26 bits per heavy atom. The van der Waals surface area contributed by atoms with Gasteiger partial charge in [0.25, 0.3) is 0 Å². The molecule has 7 N–H and O–H groups in total. The summed E-state index contributed by atoms with van der Waals surface area (Å²) in [6, 6.07) is -1.09. The van der Waals surface area contributed by atoms with Gasteiger partial charge in [-0.1, -0.05) is 19.8 Å². The Bertz CT molecular complexity index is 427. The number of carboxylic acid groups (broad SMARTS) is 2. The molecular weight excluding hydrogens is 304 g/mol. The van der Waals surface area contributed by atoms with E-state index in [1.54, 1.807) is 0 Å². The molecule has 0 fully saturated rings. The van der Waals surface area contributed by atoms with Gasteiger partial charge in [0.05, 0.1) is 5.92 Å². The van der Waals surface area contributed by atoms with E-state index in [2.05, 4.69) is 10.6 Å². The lowest BCUT2D eigenvalue weighted by Crippen LogP contribution is -2.42. The van der Waals surface area contributed by atoms with Gasteiger partial charge < -0.3 is 26.6 Å². The number of rotatable bonds is 12. The first kappa shape index (κ1) is 20.7.